The molecule has 7 nitrogen and oxygen atoms in total. The molecular formula is C15H17N5O2S2. The Kier molecular flexibility index (Phi) is 3.86. The van der Waals surface area contributed by atoms with Gasteiger partial charge in [0.15, 0.2) is 0 Å². The molecule has 0 spiro atoms. The van der Waals surface area contributed by atoms with Crippen LogP contribution >= 0.6 is 11.7 Å². The van der Waals surface area contributed by atoms with Gasteiger partial charge in [0, 0.05) is 30.9 Å². The average molecular weight is 363 g/mol. The van der Waals surface area contributed by atoms with E-state index in [-0.39, 0.29) is 4.90 Å². The monoisotopic (exact) mass is 363 g/mol. The van der Waals surface area contributed by atoms with Crippen molar-refractivity contribution in [1.82, 2.24) is 23.0 Å². The summed E-state index contributed by atoms with van der Waals surface area (Å²) in [5.41, 5.74) is 2.08. The molecule has 9 heteroatoms. The van der Waals surface area contributed by atoms with Crippen LogP contribution in [0.5, 0.6) is 0 Å². The summed E-state index contributed by atoms with van der Waals surface area (Å²) in [6.45, 7) is 2.88. The number of hydrogen-bond donors (Lipinski definition) is 1. The van der Waals surface area contributed by atoms with E-state index in [2.05, 4.69) is 23.0 Å². The maximum absolute atomic E-state index is 12.6. The van der Waals surface area contributed by atoms with Gasteiger partial charge in [0.25, 0.3) is 0 Å². The van der Waals surface area contributed by atoms with Crippen molar-refractivity contribution in [3.63, 3.8) is 0 Å². The van der Waals surface area contributed by atoms with Crippen LogP contribution in [-0.4, -0.2) is 33.3 Å². The van der Waals surface area contributed by atoms with Crippen molar-refractivity contribution < 1.29 is 8.42 Å². The van der Waals surface area contributed by atoms with Crippen molar-refractivity contribution in [2.45, 2.75) is 37.1 Å². The summed E-state index contributed by atoms with van der Waals surface area (Å²) in [7, 11) is -3.62. The second-order valence-corrected chi connectivity index (χ2v) is 8.23. The van der Waals surface area contributed by atoms with Crippen LogP contribution in [0.1, 0.15) is 30.3 Å². The second kappa shape index (κ2) is 5.91. The Labute approximate surface area is 144 Å². The first-order valence-electron chi connectivity index (χ1n) is 7.79. The lowest BCUT2D eigenvalue weighted by molar-refractivity contribution is 0.567. The van der Waals surface area contributed by atoms with E-state index in [0.717, 1.165) is 23.2 Å². The van der Waals surface area contributed by atoms with E-state index in [1.165, 1.54) is 12.8 Å². The van der Waals surface area contributed by atoms with E-state index >= 15 is 0 Å². The molecule has 0 amide bonds. The largest absolute Gasteiger partial charge is 0.331 e. The molecule has 0 bridgehead atoms. The Morgan fingerprint density at radius 3 is 2.96 bits per heavy atom. The molecule has 3 aromatic rings. The molecule has 2 aromatic heterocycles. The summed E-state index contributed by atoms with van der Waals surface area (Å²) in [5.74, 6) is 1.60. The fraction of sp³-hybridized carbons (Fsp3) is 0.400. The minimum absolute atomic E-state index is 0.179. The third-order valence-corrected chi connectivity index (χ3v) is 6.23. The van der Waals surface area contributed by atoms with Gasteiger partial charge in [0.1, 0.15) is 21.8 Å². The highest BCUT2D eigenvalue weighted by atomic mass is 32.2. The first-order valence-corrected chi connectivity index (χ1v) is 10.0. The van der Waals surface area contributed by atoms with Crippen molar-refractivity contribution in [3.05, 3.63) is 35.9 Å². The van der Waals surface area contributed by atoms with Crippen LogP contribution in [0.15, 0.2) is 29.3 Å². The molecule has 0 aliphatic heterocycles. The fourth-order valence-electron chi connectivity index (χ4n) is 2.81. The maximum atomic E-state index is 12.6. The predicted molar refractivity (Wildman–Crippen MR) is 91.5 cm³/mol. The Hall–Kier alpha value is -1.84. The van der Waals surface area contributed by atoms with Crippen LogP contribution in [0, 0.1) is 6.92 Å². The number of nitrogens with zero attached hydrogens (tertiary/aromatic N) is 4. The van der Waals surface area contributed by atoms with E-state index in [1.807, 2.05) is 13.1 Å². The van der Waals surface area contributed by atoms with Gasteiger partial charge in [-0.1, -0.05) is 6.07 Å². The Morgan fingerprint density at radius 1 is 1.33 bits per heavy atom. The van der Waals surface area contributed by atoms with E-state index in [9.17, 15) is 8.42 Å². The van der Waals surface area contributed by atoms with Crippen LogP contribution in [0.2, 0.25) is 0 Å². The van der Waals surface area contributed by atoms with Crippen LogP contribution < -0.4 is 4.72 Å². The Balaban J connectivity index is 1.51. The number of aryl methyl sites for hydroxylation is 1. The highest BCUT2D eigenvalue weighted by Gasteiger charge is 2.28. The van der Waals surface area contributed by atoms with Crippen molar-refractivity contribution in [2.24, 2.45) is 0 Å². The molecular weight excluding hydrogens is 346 g/mol. The summed E-state index contributed by atoms with van der Waals surface area (Å²) in [6, 6.07) is 5.00. The molecule has 0 unspecified atom stereocenters. The zero-order valence-electron chi connectivity index (χ0n) is 13.1. The smallest absolute Gasteiger partial charge is 0.242 e. The van der Waals surface area contributed by atoms with Gasteiger partial charge in [0.05, 0.1) is 11.7 Å². The first-order chi connectivity index (χ1) is 11.6. The van der Waals surface area contributed by atoms with Gasteiger partial charge in [-0.15, -0.1) is 0 Å². The van der Waals surface area contributed by atoms with Crippen molar-refractivity contribution in [1.29, 1.82) is 0 Å². The van der Waals surface area contributed by atoms with Gasteiger partial charge in [-0.05, 0) is 31.9 Å². The van der Waals surface area contributed by atoms with Crippen LogP contribution in [-0.2, 0) is 16.6 Å². The van der Waals surface area contributed by atoms with Gasteiger partial charge >= 0.3 is 0 Å². The molecule has 1 aromatic carbocycles. The zero-order chi connectivity index (χ0) is 16.7. The van der Waals surface area contributed by atoms with Gasteiger partial charge in [-0.3, -0.25) is 0 Å². The zero-order valence-corrected chi connectivity index (χ0v) is 14.8. The Morgan fingerprint density at radius 2 is 2.17 bits per heavy atom. The topological polar surface area (TPSA) is 89.8 Å². The number of nitrogens with one attached hydrogen (secondary N) is 1. The number of benzene rings is 1. The van der Waals surface area contributed by atoms with Crippen molar-refractivity contribution >= 4 is 32.8 Å². The van der Waals surface area contributed by atoms with Crippen molar-refractivity contribution in [3.8, 4) is 0 Å². The third-order valence-electron chi connectivity index (χ3n) is 4.19. The molecule has 0 atom stereocenters. The van der Waals surface area contributed by atoms with Crippen molar-refractivity contribution in [2.75, 3.05) is 6.54 Å². The minimum atomic E-state index is -3.62. The highest BCUT2D eigenvalue weighted by molar-refractivity contribution is 7.89. The lowest BCUT2D eigenvalue weighted by atomic mass is 10.3. The standard InChI is InChI=1S/C15H17N5O2S2/c1-10-9-16-15(11-5-6-11)20(10)8-7-17-24(21,22)13-4-2-3-12-14(13)19-23-18-12/h2-4,9,11,17H,5-8H2,1H3. The van der Waals surface area contributed by atoms with Gasteiger partial charge < -0.3 is 4.57 Å². The van der Waals surface area contributed by atoms with Gasteiger partial charge in [-0.25, -0.2) is 18.1 Å². The summed E-state index contributed by atoms with van der Waals surface area (Å²) in [6.07, 6.45) is 4.19. The summed E-state index contributed by atoms with van der Waals surface area (Å²) in [4.78, 5) is 4.63. The van der Waals surface area contributed by atoms with E-state index < -0.39 is 10.0 Å². The summed E-state index contributed by atoms with van der Waals surface area (Å²) in [5, 5.41) is 0. The van der Waals surface area contributed by atoms with Crippen LogP contribution in [0.4, 0.5) is 0 Å². The third kappa shape index (κ3) is 2.83. The van der Waals surface area contributed by atoms with E-state index in [0.29, 0.717) is 30.0 Å². The average Bonchev–Trinajstić information content (AvgIpc) is 3.17. The molecule has 4 rings (SSSR count). The molecule has 1 fully saturated rings. The van der Waals surface area contributed by atoms with Gasteiger partial charge in [-0.2, -0.15) is 8.75 Å². The van der Waals surface area contributed by atoms with E-state index in [4.69, 9.17) is 0 Å². The lowest BCUT2D eigenvalue weighted by Crippen LogP contribution is -2.28. The quantitative estimate of drug-likeness (QED) is 0.724. The van der Waals surface area contributed by atoms with Crippen LogP contribution in [0.3, 0.4) is 0 Å². The number of fused-ring (bicyclic) bond motifs is 1. The second-order valence-electron chi connectivity index (χ2n) is 5.97. The first kappa shape index (κ1) is 15.7. The molecule has 0 saturated heterocycles. The number of aromatic nitrogens is 4. The number of rotatable bonds is 6. The molecule has 126 valence electrons. The SMILES string of the molecule is Cc1cnc(C2CC2)n1CCNS(=O)(=O)c1cccc2nsnc12. The molecule has 1 N–H and O–H groups in total. The minimum Gasteiger partial charge on any atom is -0.331 e. The number of imidazole rings is 1. The molecule has 24 heavy (non-hydrogen) atoms. The summed E-state index contributed by atoms with van der Waals surface area (Å²) < 4.78 is 38.1. The summed E-state index contributed by atoms with van der Waals surface area (Å²) >= 11 is 1.01. The lowest BCUT2D eigenvalue weighted by Gasteiger charge is -2.11. The highest BCUT2D eigenvalue weighted by Crippen LogP contribution is 2.39. The molecule has 1 saturated carbocycles. The predicted octanol–water partition coefficient (Wildman–Crippen LogP) is 2.05. The Bertz CT molecular complexity index is 988. The molecule has 2 heterocycles. The van der Waals surface area contributed by atoms with E-state index in [1.54, 1.807) is 18.2 Å². The van der Waals surface area contributed by atoms with Crippen LogP contribution in [0.25, 0.3) is 11.0 Å². The normalized spacial score (nSPS) is 15.2. The number of sulfonamides is 1. The van der Waals surface area contributed by atoms with Gasteiger partial charge in [0.2, 0.25) is 10.0 Å². The molecule has 1 aliphatic rings. The maximum Gasteiger partial charge on any atom is 0.242 e. The molecule has 1 aliphatic carbocycles. The number of hydrogen-bond acceptors (Lipinski definition) is 6. The fourth-order valence-corrected chi connectivity index (χ4v) is 4.59. The molecule has 0 radical (unpaired) electrons.